The van der Waals surface area contributed by atoms with Crippen molar-refractivity contribution in [2.75, 3.05) is 7.11 Å². The zero-order chi connectivity index (χ0) is 14.2. The fourth-order valence-corrected chi connectivity index (χ4v) is 1.70. The van der Waals surface area contributed by atoms with Crippen LogP contribution < -0.4 is 4.74 Å². The predicted molar refractivity (Wildman–Crippen MR) is 70.4 cm³/mol. The van der Waals surface area contributed by atoms with Crippen LogP contribution in [-0.2, 0) is 4.74 Å². The lowest BCUT2D eigenvalue weighted by Gasteiger charge is -2.19. The van der Waals surface area contributed by atoms with Gasteiger partial charge in [0.15, 0.2) is 0 Å². The van der Waals surface area contributed by atoms with Crippen molar-refractivity contribution in [1.29, 1.82) is 0 Å². The van der Waals surface area contributed by atoms with Crippen LogP contribution in [0.2, 0.25) is 0 Å². The summed E-state index contributed by atoms with van der Waals surface area (Å²) in [6.45, 7) is 7.25. The Morgan fingerprint density at radius 1 is 1.37 bits per heavy atom. The average Bonchev–Trinajstić information content (AvgIpc) is 2.64. The quantitative estimate of drug-likeness (QED) is 0.791. The van der Waals surface area contributed by atoms with Gasteiger partial charge in [0.2, 0.25) is 5.88 Å². The molecule has 2 heterocycles. The molecule has 0 aliphatic rings. The van der Waals surface area contributed by atoms with E-state index in [0.29, 0.717) is 11.4 Å². The van der Waals surface area contributed by atoms with Crippen molar-refractivity contribution in [2.24, 2.45) is 0 Å². The fourth-order valence-electron chi connectivity index (χ4n) is 1.70. The Morgan fingerprint density at radius 3 is 2.63 bits per heavy atom. The van der Waals surface area contributed by atoms with Crippen molar-refractivity contribution < 1.29 is 14.3 Å². The van der Waals surface area contributed by atoms with Crippen LogP contribution >= 0.6 is 0 Å². The lowest BCUT2D eigenvalue weighted by molar-refractivity contribution is 0.0522. The molecule has 0 radical (unpaired) electrons. The molecule has 2 aromatic rings. The number of nitrogens with zero attached hydrogens (tertiary/aromatic N) is 3. The van der Waals surface area contributed by atoms with E-state index in [-0.39, 0.29) is 0 Å². The number of fused-ring (bicyclic) bond motifs is 1. The number of ether oxygens (including phenoxy) is 2. The van der Waals surface area contributed by atoms with Crippen molar-refractivity contribution in [3.8, 4) is 5.88 Å². The molecule has 0 spiro atoms. The maximum absolute atomic E-state index is 12.1. The van der Waals surface area contributed by atoms with Crippen LogP contribution in [0.1, 0.15) is 26.5 Å². The first-order valence-corrected chi connectivity index (χ1v) is 5.94. The minimum Gasteiger partial charge on any atom is -0.481 e. The Morgan fingerprint density at radius 2 is 2.05 bits per heavy atom. The van der Waals surface area contributed by atoms with Gasteiger partial charge in [0.1, 0.15) is 5.60 Å². The van der Waals surface area contributed by atoms with Gasteiger partial charge in [-0.2, -0.15) is 9.78 Å². The van der Waals surface area contributed by atoms with Crippen LogP contribution in [0.5, 0.6) is 5.88 Å². The van der Waals surface area contributed by atoms with E-state index in [1.807, 2.05) is 27.7 Å². The highest BCUT2D eigenvalue weighted by Gasteiger charge is 2.21. The highest BCUT2D eigenvalue weighted by Crippen LogP contribution is 2.22. The van der Waals surface area contributed by atoms with Crippen LogP contribution in [0.15, 0.2) is 12.3 Å². The molecule has 0 atom stereocenters. The monoisotopic (exact) mass is 263 g/mol. The van der Waals surface area contributed by atoms with Crippen molar-refractivity contribution >= 4 is 17.0 Å². The number of aryl methyl sites for hydroxylation is 1. The summed E-state index contributed by atoms with van der Waals surface area (Å²) < 4.78 is 11.6. The average molecular weight is 263 g/mol. The third kappa shape index (κ3) is 2.67. The molecule has 102 valence electrons. The Kier molecular flexibility index (Phi) is 3.18. The molecule has 0 bridgehead atoms. The van der Waals surface area contributed by atoms with E-state index in [4.69, 9.17) is 9.47 Å². The first kappa shape index (κ1) is 13.3. The molecule has 2 aromatic heterocycles. The molecule has 0 unspecified atom stereocenters. The molecule has 0 N–H and O–H groups in total. The highest BCUT2D eigenvalue weighted by molar-refractivity contribution is 5.89. The van der Waals surface area contributed by atoms with E-state index >= 15 is 0 Å². The maximum Gasteiger partial charge on any atom is 0.435 e. The lowest BCUT2D eigenvalue weighted by Crippen LogP contribution is -2.27. The molecule has 0 saturated carbocycles. The summed E-state index contributed by atoms with van der Waals surface area (Å²) in [4.78, 5) is 16.1. The number of hydrogen-bond acceptors (Lipinski definition) is 5. The summed E-state index contributed by atoms with van der Waals surface area (Å²) in [7, 11) is 1.54. The molecule has 0 fully saturated rings. The van der Waals surface area contributed by atoms with E-state index in [1.165, 1.54) is 4.68 Å². The molecule has 6 heteroatoms. The topological polar surface area (TPSA) is 66.2 Å². The normalized spacial score (nSPS) is 11.6. The molecule has 0 aliphatic heterocycles. The van der Waals surface area contributed by atoms with Crippen molar-refractivity contribution in [2.45, 2.75) is 33.3 Å². The number of rotatable bonds is 1. The van der Waals surface area contributed by atoms with E-state index in [2.05, 4.69) is 10.1 Å². The second-order valence-electron chi connectivity index (χ2n) is 5.22. The second-order valence-corrected chi connectivity index (χ2v) is 5.22. The van der Waals surface area contributed by atoms with Gasteiger partial charge in [0, 0.05) is 11.5 Å². The van der Waals surface area contributed by atoms with Crippen LogP contribution in [0, 0.1) is 6.92 Å². The summed E-state index contributed by atoms with van der Waals surface area (Å²) in [5.74, 6) is 0.485. The van der Waals surface area contributed by atoms with E-state index in [1.54, 1.807) is 19.4 Å². The van der Waals surface area contributed by atoms with Crippen molar-refractivity contribution in [1.82, 2.24) is 14.8 Å². The molecule has 6 nitrogen and oxygen atoms in total. The van der Waals surface area contributed by atoms with Gasteiger partial charge in [-0.05, 0) is 27.7 Å². The molecule has 0 saturated heterocycles. The van der Waals surface area contributed by atoms with E-state index < -0.39 is 11.7 Å². The van der Waals surface area contributed by atoms with Crippen LogP contribution in [-0.4, -0.2) is 33.6 Å². The van der Waals surface area contributed by atoms with Crippen molar-refractivity contribution in [3.05, 3.63) is 18.0 Å². The Labute approximate surface area is 111 Å². The van der Waals surface area contributed by atoms with Gasteiger partial charge in [-0.15, -0.1) is 0 Å². The zero-order valence-corrected chi connectivity index (χ0v) is 11.7. The van der Waals surface area contributed by atoms with Crippen LogP contribution in [0.4, 0.5) is 4.79 Å². The highest BCUT2D eigenvalue weighted by atomic mass is 16.6. The number of pyridine rings is 1. The van der Waals surface area contributed by atoms with Gasteiger partial charge in [0.05, 0.1) is 24.5 Å². The smallest absolute Gasteiger partial charge is 0.435 e. The van der Waals surface area contributed by atoms with Gasteiger partial charge >= 0.3 is 6.09 Å². The summed E-state index contributed by atoms with van der Waals surface area (Å²) in [5, 5.41) is 5.01. The standard InChI is InChI=1S/C13H17N3O3/c1-8-9-6-11(18-5)14-7-10(9)16(15-8)12(17)19-13(2,3)4/h6-7H,1-5H3. The Bertz CT molecular complexity index is 626. The Hall–Kier alpha value is -2.11. The van der Waals surface area contributed by atoms with E-state index in [0.717, 1.165) is 11.1 Å². The van der Waals surface area contributed by atoms with Crippen LogP contribution in [0.25, 0.3) is 10.9 Å². The minimum absolute atomic E-state index is 0.485. The van der Waals surface area contributed by atoms with Gasteiger partial charge in [-0.1, -0.05) is 0 Å². The SMILES string of the molecule is COc1cc2c(C)nn(C(=O)OC(C)(C)C)c2cn1. The maximum atomic E-state index is 12.1. The Balaban J connectivity index is 2.48. The van der Waals surface area contributed by atoms with Gasteiger partial charge < -0.3 is 9.47 Å². The molecule has 2 rings (SSSR count). The summed E-state index contributed by atoms with van der Waals surface area (Å²) in [5.41, 5.74) is 0.762. The van der Waals surface area contributed by atoms with E-state index in [9.17, 15) is 4.79 Å². The zero-order valence-electron chi connectivity index (χ0n) is 11.7. The molecule has 0 aromatic carbocycles. The number of methoxy groups -OCH3 is 1. The largest absolute Gasteiger partial charge is 0.481 e. The summed E-state index contributed by atoms with van der Waals surface area (Å²) in [6, 6.07) is 1.75. The second kappa shape index (κ2) is 4.53. The van der Waals surface area contributed by atoms with Crippen molar-refractivity contribution in [3.63, 3.8) is 0 Å². The summed E-state index contributed by atoms with van der Waals surface area (Å²) >= 11 is 0. The number of carbonyl (C=O) groups is 1. The number of aromatic nitrogens is 3. The summed E-state index contributed by atoms with van der Waals surface area (Å²) in [6.07, 6.45) is 1.04. The number of carbonyl (C=O) groups excluding carboxylic acids is 1. The fraction of sp³-hybridized carbons (Fsp3) is 0.462. The minimum atomic E-state index is -0.566. The number of hydrogen-bond donors (Lipinski definition) is 0. The van der Waals surface area contributed by atoms with Gasteiger partial charge in [-0.25, -0.2) is 9.78 Å². The van der Waals surface area contributed by atoms with Gasteiger partial charge in [0.25, 0.3) is 0 Å². The third-order valence-corrected chi connectivity index (χ3v) is 2.50. The van der Waals surface area contributed by atoms with Gasteiger partial charge in [-0.3, -0.25) is 0 Å². The molecule has 0 amide bonds. The first-order chi connectivity index (χ1) is 8.81. The molecule has 19 heavy (non-hydrogen) atoms. The third-order valence-electron chi connectivity index (χ3n) is 2.50. The van der Waals surface area contributed by atoms with Crippen LogP contribution in [0.3, 0.4) is 0 Å². The lowest BCUT2D eigenvalue weighted by atomic mass is 10.2. The molecule has 0 aliphatic carbocycles. The predicted octanol–water partition coefficient (Wildman–Crippen LogP) is 2.53. The molecular weight excluding hydrogens is 246 g/mol. The molecular formula is C13H17N3O3. The first-order valence-electron chi connectivity index (χ1n) is 5.94.